The zero-order valence-electron chi connectivity index (χ0n) is 13.7. The number of H-pyrrole nitrogens is 1. The number of aryl methyl sites for hydroxylation is 2. The number of rotatable bonds is 1. The molecular formula is C18H22N4O. The van der Waals surface area contributed by atoms with Crippen molar-refractivity contribution in [3.05, 3.63) is 45.8 Å². The summed E-state index contributed by atoms with van der Waals surface area (Å²) in [5.41, 5.74) is 7.58. The lowest BCUT2D eigenvalue weighted by atomic mass is 9.94. The number of carbonyl (C=O) groups excluding carboxylic acids is 1. The average molecular weight is 310 g/mol. The molecule has 1 aromatic heterocycles. The van der Waals surface area contributed by atoms with E-state index in [1.165, 1.54) is 16.7 Å². The summed E-state index contributed by atoms with van der Waals surface area (Å²) in [5, 5.41) is 10.7. The van der Waals surface area contributed by atoms with Gasteiger partial charge in [-0.25, -0.2) is 0 Å². The Morgan fingerprint density at radius 1 is 1.22 bits per heavy atom. The summed E-state index contributed by atoms with van der Waals surface area (Å²) in [6.07, 6.45) is 2.96. The zero-order valence-corrected chi connectivity index (χ0v) is 13.7. The molecular weight excluding hydrogens is 288 g/mol. The summed E-state index contributed by atoms with van der Waals surface area (Å²) < 4.78 is 0. The fraction of sp³-hybridized carbons (Fsp3) is 0.444. The van der Waals surface area contributed by atoms with E-state index in [-0.39, 0.29) is 5.91 Å². The van der Waals surface area contributed by atoms with Gasteiger partial charge in [0.25, 0.3) is 5.91 Å². The fourth-order valence-corrected chi connectivity index (χ4v) is 3.82. The van der Waals surface area contributed by atoms with Gasteiger partial charge in [-0.1, -0.05) is 6.07 Å². The van der Waals surface area contributed by atoms with Crippen molar-refractivity contribution in [2.45, 2.75) is 39.7 Å². The van der Waals surface area contributed by atoms with Crippen LogP contribution in [0, 0.1) is 13.8 Å². The fourth-order valence-electron chi connectivity index (χ4n) is 3.82. The molecule has 0 atom stereocenters. The van der Waals surface area contributed by atoms with Gasteiger partial charge in [0.15, 0.2) is 5.69 Å². The van der Waals surface area contributed by atoms with Crippen LogP contribution in [0.15, 0.2) is 12.1 Å². The predicted molar refractivity (Wildman–Crippen MR) is 89.9 cm³/mol. The molecule has 5 heteroatoms. The van der Waals surface area contributed by atoms with E-state index in [9.17, 15) is 4.79 Å². The van der Waals surface area contributed by atoms with Gasteiger partial charge in [0.2, 0.25) is 0 Å². The first-order valence-corrected chi connectivity index (χ1v) is 8.34. The standard InChI is InChI=1S/C18H22N4O/c1-11-8-12(2)13-4-3-7-22(16(13)9-11)18(23)17-14-10-19-6-5-15(14)20-21-17/h8-9,19H,3-7,10H2,1-2H3,(H,20,21). The van der Waals surface area contributed by atoms with Gasteiger partial charge in [0.1, 0.15) is 0 Å². The molecule has 0 radical (unpaired) electrons. The van der Waals surface area contributed by atoms with Crippen LogP contribution < -0.4 is 10.2 Å². The second-order valence-electron chi connectivity index (χ2n) is 6.60. The molecule has 5 nitrogen and oxygen atoms in total. The number of carbonyl (C=O) groups is 1. The third kappa shape index (κ3) is 2.36. The summed E-state index contributed by atoms with van der Waals surface area (Å²) in [4.78, 5) is 15.1. The highest BCUT2D eigenvalue weighted by Crippen LogP contribution is 2.32. The molecule has 0 spiro atoms. The normalized spacial score (nSPS) is 16.9. The maximum atomic E-state index is 13.1. The van der Waals surface area contributed by atoms with Gasteiger partial charge >= 0.3 is 0 Å². The van der Waals surface area contributed by atoms with Crippen LogP contribution in [0.1, 0.15) is 44.9 Å². The van der Waals surface area contributed by atoms with E-state index in [0.717, 1.165) is 55.8 Å². The number of aromatic amines is 1. The van der Waals surface area contributed by atoms with E-state index in [1.54, 1.807) is 0 Å². The van der Waals surface area contributed by atoms with E-state index in [0.29, 0.717) is 5.69 Å². The van der Waals surface area contributed by atoms with Crippen LogP contribution in [-0.4, -0.2) is 29.2 Å². The predicted octanol–water partition coefficient (Wildman–Crippen LogP) is 2.27. The Morgan fingerprint density at radius 3 is 2.96 bits per heavy atom. The van der Waals surface area contributed by atoms with Crippen LogP contribution >= 0.6 is 0 Å². The van der Waals surface area contributed by atoms with Crippen molar-refractivity contribution in [3.63, 3.8) is 0 Å². The summed E-state index contributed by atoms with van der Waals surface area (Å²) in [7, 11) is 0. The third-order valence-electron chi connectivity index (χ3n) is 4.95. The van der Waals surface area contributed by atoms with Crippen LogP contribution in [0.2, 0.25) is 0 Å². The van der Waals surface area contributed by atoms with Crippen LogP contribution in [0.4, 0.5) is 5.69 Å². The Labute approximate surface area is 136 Å². The van der Waals surface area contributed by atoms with Gasteiger partial charge in [-0.15, -0.1) is 0 Å². The summed E-state index contributed by atoms with van der Waals surface area (Å²) in [5.74, 6) is 0.0251. The minimum atomic E-state index is 0.0251. The topological polar surface area (TPSA) is 61.0 Å². The molecule has 23 heavy (non-hydrogen) atoms. The molecule has 0 bridgehead atoms. The highest BCUT2D eigenvalue weighted by molar-refractivity contribution is 6.06. The van der Waals surface area contributed by atoms with E-state index in [1.807, 2.05) is 4.90 Å². The van der Waals surface area contributed by atoms with Gasteiger partial charge < -0.3 is 10.2 Å². The van der Waals surface area contributed by atoms with Gasteiger partial charge in [-0.2, -0.15) is 5.10 Å². The Balaban J connectivity index is 1.75. The minimum Gasteiger partial charge on any atom is -0.312 e. The maximum absolute atomic E-state index is 13.1. The summed E-state index contributed by atoms with van der Waals surface area (Å²) >= 11 is 0. The number of amides is 1. The van der Waals surface area contributed by atoms with Crippen molar-refractivity contribution in [1.29, 1.82) is 0 Å². The quantitative estimate of drug-likeness (QED) is 0.849. The zero-order chi connectivity index (χ0) is 16.0. The maximum Gasteiger partial charge on any atom is 0.279 e. The van der Waals surface area contributed by atoms with Crippen molar-refractivity contribution < 1.29 is 4.79 Å². The van der Waals surface area contributed by atoms with Crippen LogP contribution in [0.5, 0.6) is 0 Å². The molecule has 2 aliphatic heterocycles. The molecule has 120 valence electrons. The van der Waals surface area contributed by atoms with E-state index >= 15 is 0 Å². The monoisotopic (exact) mass is 310 g/mol. The average Bonchev–Trinajstić information content (AvgIpc) is 2.97. The summed E-state index contributed by atoms with van der Waals surface area (Å²) in [6, 6.07) is 4.34. The number of aromatic nitrogens is 2. The Hall–Kier alpha value is -2.14. The number of nitrogens with one attached hydrogen (secondary N) is 2. The first kappa shape index (κ1) is 14.5. The molecule has 1 aromatic carbocycles. The number of nitrogens with zero attached hydrogens (tertiary/aromatic N) is 2. The molecule has 0 aliphatic carbocycles. The highest BCUT2D eigenvalue weighted by atomic mass is 16.2. The Bertz CT molecular complexity index is 778. The first-order valence-electron chi connectivity index (χ1n) is 8.34. The molecule has 0 saturated carbocycles. The smallest absolute Gasteiger partial charge is 0.279 e. The third-order valence-corrected chi connectivity index (χ3v) is 4.95. The lowest BCUT2D eigenvalue weighted by Gasteiger charge is -2.31. The molecule has 0 fully saturated rings. The van der Waals surface area contributed by atoms with Gasteiger partial charge in [-0.05, 0) is 49.4 Å². The molecule has 2 N–H and O–H groups in total. The largest absolute Gasteiger partial charge is 0.312 e. The molecule has 2 aliphatic rings. The lowest BCUT2D eigenvalue weighted by Crippen LogP contribution is -2.37. The molecule has 2 aromatic rings. The molecule has 3 heterocycles. The van der Waals surface area contributed by atoms with E-state index < -0.39 is 0 Å². The Kier molecular flexibility index (Phi) is 3.45. The van der Waals surface area contributed by atoms with Gasteiger partial charge in [0, 0.05) is 43.0 Å². The SMILES string of the molecule is Cc1cc(C)c2c(c1)N(C(=O)c1n[nH]c3c1CNCC3)CCC2. The number of hydrogen-bond acceptors (Lipinski definition) is 3. The van der Waals surface area contributed by atoms with Gasteiger partial charge in [0.05, 0.1) is 0 Å². The number of hydrogen-bond donors (Lipinski definition) is 2. The number of anilines is 1. The molecule has 1 amide bonds. The molecule has 0 unspecified atom stereocenters. The van der Waals surface area contributed by atoms with Crippen molar-refractivity contribution in [1.82, 2.24) is 15.5 Å². The van der Waals surface area contributed by atoms with Gasteiger partial charge in [-0.3, -0.25) is 9.89 Å². The van der Waals surface area contributed by atoms with Crippen molar-refractivity contribution in [3.8, 4) is 0 Å². The second-order valence-corrected chi connectivity index (χ2v) is 6.60. The number of fused-ring (bicyclic) bond motifs is 2. The van der Waals surface area contributed by atoms with Crippen LogP contribution in [0.3, 0.4) is 0 Å². The molecule has 0 saturated heterocycles. The second kappa shape index (κ2) is 5.49. The van der Waals surface area contributed by atoms with E-state index in [4.69, 9.17) is 0 Å². The Morgan fingerprint density at radius 2 is 2.09 bits per heavy atom. The highest BCUT2D eigenvalue weighted by Gasteiger charge is 2.29. The van der Waals surface area contributed by atoms with E-state index in [2.05, 4.69) is 41.5 Å². The summed E-state index contributed by atoms with van der Waals surface area (Å²) in [6.45, 7) is 6.66. The van der Waals surface area contributed by atoms with Crippen LogP contribution in [-0.2, 0) is 19.4 Å². The van der Waals surface area contributed by atoms with Crippen molar-refractivity contribution >= 4 is 11.6 Å². The van der Waals surface area contributed by atoms with Crippen molar-refractivity contribution in [2.75, 3.05) is 18.0 Å². The first-order chi connectivity index (χ1) is 11.1. The van der Waals surface area contributed by atoms with Crippen molar-refractivity contribution in [2.24, 2.45) is 0 Å². The van der Waals surface area contributed by atoms with Crippen LogP contribution in [0.25, 0.3) is 0 Å². The molecule has 4 rings (SSSR count). The lowest BCUT2D eigenvalue weighted by molar-refractivity contribution is 0.0979. The number of benzene rings is 1. The minimum absolute atomic E-state index is 0.0251.